The second kappa shape index (κ2) is 15.5. The van der Waals surface area contributed by atoms with Crippen LogP contribution in [-0.2, 0) is 0 Å². The van der Waals surface area contributed by atoms with E-state index in [-0.39, 0.29) is 0 Å². The Hall–Kier alpha value is -7.08. The minimum absolute atomic E-state index is 1.06. The molecule has 0 aliphatic rings. The van der Waals surface area contributed by atoms with Gasteiger partial charge in [0.25, 0.3) is 0 Å². The van der Waals surface area contributed by atoms with Crippen LogP contribution in [0.15, 0.2) is 219 Å². The van der Waals surface area contributed by atoms with Crippen molar-refractivity contribution in [3.8, 4) is 43.1 Å². The van der Waals surface area contributed by atoms with Crippen LogP contribution in [0.1, 0.15) is 0 Å². The molecular formula is C50H36N4S. The molecule has 0 aliphatic carbocycles. The number of benzene rings is 6. The van der Waals surface area contributed by atoms with Crippen LogP contribution in [0, 0.1) is 0 Å². The third-order valence-corrected chi connectivity index (χ3v) is 10.9. The molecule has 9 rings (SSSR count). The van der Waals surface area contributed by atoms with Gasteiger partial charge in [0.1, 0.15) is 0 Å². The van der Waals surface area contributed by atoms with Crippen molar-refractivity contribution in [1.29, 1.82) is 0 Å². The zero-order valence-corrected chi connectivity index (χ0v) is 30.8. The molecule has 0 unspecified atom stereocenters. The average molecular weight is 725 g/mol. The molecule has 0 bridgehead atoms. The van der Waals surface area contributed by atoms with Crippen molar-refractivity contribution in [2.75, 3.05) is 9.80 Å². The third kappa shape index (κ3) is 7.30. The van der Waals surface area contributed by atoms with Gasteiger partial charge in [-0.25, -0.2) is 0 Å². The molecule has 0 amide bonds. The van der Waals surface area contributed by atoms with Gasteiger partial charge >= 0.3 is 0 Å². The van der Waals surface area contributed by atoms with E-state index in [2.05, 4.69) is 214 Å². The van der Waals surface area contributed by atoms with Gasteiger partial charge in [0, 0.05) is 68.7 Å². The third-order valence-electron chi connectivity index (χ3n) is 9.69. The quantitative estimate of drug-likeness (QED) is 0.141. The zero-order valence-electron chi connectivity index (χ0n) is 30.0. The van der Waals surface area contributed by atoms with E-state index >= 15 is 0 Å². The topological polar surface area (TPSA) is 32.3 Å². The van der Waals surface area contributed by atoms with Crippen LogP contribution in [0.25, 0.3) is 43.1 Å². The van der Waals surface area contributed by atoms with E-state index in [1.165, 1.54) is 43.1 Å². The Balaban J connectivity index is 0.988. The lowest BCUT2D eigenvalue weighted by Gasteiger charge is -2.26. The van der Waals surface area contributed by atoms with Gasteiger partial charge in [-0.2, -0.15) is 0 Å². The van der Waals surface area contributed by atoms with Gasteiger partial charge in [-0.15, -0.1) is 11.3 Å². The maximum absolute atomic E-state index is 4.29. The van der Waals surface area contributed by atoms with Crippen LogP contribution in [0.5, 0.6) is 0 Å². The predicted molar refractivity (Wildman–Crippen MR) is 231 cm³/mol. The fourth-order valence-corrected chi connectivity index (χ4v) is 8.01. The molecule has 0 fully saturated rings. The van der Waals surface area contributed by atoms with Crippen molar-refractivity contribution >= 4 is 45.5 Å². The number of nitrogens with zero attached hydrogens (tertiary/aromatic N) is 4. The van der Waals surface area contributed by atoms with Crippen LogP contribution in [0.4, 0.5) is 34.1 Å². The Bertz CT molecular complexity index is 2440. The molecule has 5 heteroatoms. The lowest BCUT2D eigenvalue weighted by atomic mass is 10.0. The van der Waals surface area contributed by atoms with Crippen molar-refractivity contribution in [3.63, 3.8) is 0 Å². The van der Waals surface area contributed by atoms with Crippen LogP contribution in [-0.4, -0.2) is 9.97 Å². The molecule has 6 aromatic carbocycles. The Morgan fingerprint density at radius 2 is 0.636 bits per heavy atom. The molecule has 0 N–H and O–H groups in total. The summed E-state index contributed by atoms with van der Waals surface area (Å²) >= 11 is 1.81. The molecule has 0 saturated carbocycles. The number of aromatic nitrogens is 2. The van der Waals surface area contributed by atoms with Gasteiger partial charge in [0.05, 0.1) is 0 Å². The summed E-state index contributed by atoms with van der Waals surface area (Å²) in [5.41, 5.74) is 13.6. The summed E-state index contributed by atoms with van der Waals surface area (Å²) < 4.78 is 0. The standard InChI is InChI=1S/C50H36N4S/c1-3-9-37(10-4-1)41-13-7-15-47(35-41)53(45-27-31-51-32-28-45)43-21-17-39(18-22-43)49-25-26-50(55-49)40-19-23-44(24-20-40)54(46-29-33-52-34-30-46)48-16-8-14-42(36-48)38-11-5-2-6-12-38/h1-36H. The molecule has 55 heavy (non-hydrogen) atoms. The Kier molecular flexibility index (Phi) is 9.50. The molecule has 262 valence electrons. The number of pyridine rings is 2. The highest BCUT2D eigenvalue weighted by Gasteiger charge is 2.16. The molecule has 0 atom stereocenters. The monoisotopic (exact) mass is 724 g/mol. The van der Waals surface area contributed by atoms with Crippen LogP contribution >= 0.6 is 11.3 Å². The number of hydrogen-bond acceptors (Lipinski definition) is 5. The molecule has 0 spiro atoms. The van der Waals surface area contributed by atoms with Crippen molar-refractivity contribution in [2.45, 2.75) is 0 Å². The van der Waals surface area contributed by atoms with Gasteiger partial charge in [-0.05, 0) is 118 Å². The molecule has 0 aliphatic heterocycles. The van der Waals surface area contributed by atoms with Gasteiger partial charge in [0.2, 0.25) is 0 Å². The van der Waals surface area contributed by atoms with Gasteiger partial charge < -0.3 is 9.80 Å². The van der Waals surface area contributed by atoms with Gasteiger partial charge in [0.15, 0.2) is 0 Å². The first-order valence-electron chi connectivity index (χ1n) is 18.3. The van der Waals surface area contributed by atoms with Crippen LogP contribution in [0.3, 0.4) is 0 Å². The number of hydrogen-bond donors (Lipinski definition) is 0. The minimum Gasteiger partial charge on any atom is -0.310 e. The minimum atomic E-state index is 1.06. The van der Waals surface area contributed by atoms with Crippen molar-refractivity contribution < 1.29 is 0 Å². The lowest BCUT2D eigenvalue weighted by Crippen LogP contribution is -2.10. The molecule has 0 radical (unpaired) electrons. The molecule has 3 aromatic heterocycles. The maximum Gasteiger partial charge on any atom is 0.0492 e. The second-order valence-corrected chi connectivity index (χ2v) is 14.3. The maximum atomic E-state index is 4.29. The zero-order chi connectivity index (χ0) is 36.8. The highest BCUT2D eigenvalue weighted by atomic mass is 32.1. The predicted octanol–water partition coefficient (Wildman–Crippen LogP) is 14.1. The van der Waals surface area contributed by atoms with Crippen molar-refractivity contribution in [2.24, 2.45) is 0 Å². The summed E-state index contributed by atoms with van der Waals surface area (Å²) in [7, 11) is 0. The first kappa shape index (κ1) is 33.7. The van der Waals surface area contributed by atoms with Crippen molar-refractivity contribution in [3.05, 3.63) is 219 Å². The van der Waals surface area contributed by atoms with E-state index in [0.29, 0.717) is 0 Å². The molecule has 3 heterocycles. The number of thiophene rings is 1. The van der Waals surface area contributed by atoms with E-state index in [1.54, 1.807) is 0 Å². The smallest absolute Gasteiger partial charge is 0.0492 e. The summed E-state index contributed by atoms with van der Waals surface area (Å²) in [5, 5.41) is 0. The number of rotatable bonds is 10. The van der Waals surface area contributed by atoms with Gasteiger partial charge in [-0.1, -0.05) is 109 Å². The normalized spacial score (nSPS) is 10.9. The van der Waals surface area contributed by atoms with E-state index in [1.807, 2.05) is 36.1 Å². The highest BCUT2D eigenvalue weighted by molar-refractivity contribution is 7.18. The first-order chi connectivity index (χ1) is 27.3. The summed E-state index contributed by atoms with van der Waals surface area (Å²) in [6, 6.07) is 68.8. The second-order valence-electron chi connectivity index (χ2n) is 13.2. The van der Waals surface area contributed by atoms with Crippen molar-refractivity contribution in [1.82, 2.24) is 9.97 Å². The van der Waals surface area contributed by atoms with Crippen LogP contribution < -0.4 is 9.80 Å². The summed E-state index contributed by atoms with van der Waals surface area (Å²) in [6.07, 6.45) is 7.38. The Morgan fingerprint density at radius 1 is 0.273 bits per heavy atom. The summed E-state index contributed by atoms with van der Waals surface area (Å²) in [6.45, 7) is 0. The fraction of sp³-hybridized carbons (Fsp3) is 0. The van der Waals surface area contributed by atoms with E-state index in [0.717, 1.165) is 34.1 Å². The van der Waals surface area contributed by atoms with E-state index in [4.69, 9.17) is 0 Å². The lowest BCUT2D eigenvalue weighted by molar-refractivity contribution is 1.24. The number of anilines is 6. The highest BCUT2D eigenvalue weighted by Crippen LogP contribution is 2.41. The molecule has 4 nitrogen and oxygen atoms in total. The van der Waals surface area contributed by atoms with E-state index < -0.39 is 0 Å². The van der Waals surface area contributed by atoms with E-state index in [9.17, 15) is 0 Å². The van der Waals surface area contributed by atoms with Crippen LogP contribution in [0.2, 0.25) is 0 Å². The summed E-state index contributed by atoms with van der Waals surface area (Å²) in [5.74, 6) is 0. The Labute approximate surface area is 325 Å². The SMILES string of the molecule is c1ccc(-c2cccc(N(c3ccncc3)c3ccc(-c4ccc(-c5ccc(N(c6ccncc6)c6cccc(-c7ccccc7)c6)cc5)s4)cc3)c2)cc1. The average Bonchev–Trinajstić information content (AvgIpc) is 3.77. The fourth-order valence-electron chi connectivity index (χ4n) is 6.99. The molecule has 9 aromatic rings. The molecule has 0 saturated heterocycles. The Morgan fingerprint density at radius 3 is 1.04 bits per heavy atom. The first-order valence-corrected chi connectivity index (χ1v) is 19.1. The largest absolute Gasteiger partial charge is 0.310 e. The summed E-state index contributed by atoms with van der Waals surface area (Å²) in [4.78, 5) is 15.6. The molecular weight excluding hydrogens is 689 g/mol. The van der Waals surface area contributed by atoms with Gasteiger partial charge in [-0.3, -0.25) is 9.97 Å².